The van der Waals surface area contributed by atoms with E-state index in [4.69, 9.17) is 5.11 Å². The van der Waals surface area contributed by atoms with Crippen molar-refractivity contribution in [3.05, 3.63) is 36.3 Å². The lowest BCUT2D eigenvalue weighted by molar-refractivity contribution is 0.166. The van der Waals surface area contributed by atoms with Crippen LogP contribution in [-0.4, -0.2) is 44.5 Å². The molecule has 0 spiro atoms. The van der Waals surface area contributed by atoms with Crippen LogP contribution in [-0.2, 0) is 13.6 Å². The number of aliphatic hydroxyl groups excluding tert-OH is 1. The molecule has 0 aliphatic heterocycles. The van der Waals surface area contributed by atoms with E-state index in [-0.39, 0.29) is 12.0 Å². The molecular weight excluding hydrogens is 288 g/mol. The zero-order valence-corrected chi connectivity index (χ0v) is 14.7. The first-order valence-electron chi connectivity index (χ1n) is 8.15. The number of aryl methyl sites for hydroxylation is 1. The second-order valence-corrected chi connectivity index (χ2v) is 7.26. The predicted molar refractivity (Wildman–Crippen MR) is 92.9 cm³/mol. The van der Waals surface area contributed by atoms with Gasteiger partial charge in [0.15, 0.2) is 0 Å². The molecule has 0 saturated heterocycles. The fraction of sp³-hybridized carbons (Fsp3) is 0.556. The Morgan fingerprint density at radius 1 is 1.22 bits per heavy atom. The van der Waals surface area contributed by atoms with Gasteiger partial charge < -0.3 is 5.11 Å². The summed E-state index contributed by atoms with van der Waals surface area (Å²) in [5.41, 5.74) is 3.53. The average Bonchev–Trinajstić information content (AvgIpc) is 2.85. The third-order valence-electron chi connectivity index (χ3n) is 3.58. The van der Waals surface area contributed by atoms with E-state index in [9.17, 15) is 0 Å². The summed E-state index contributed by atoms with van der Waals surface area (Å²) in [4.78, 5) is 6.49. The fourth-order valence-electron chi connectivity index (χ4n) is 2.83. The Balaban J connectivity index is 2.22. The largest absolute Gasteiger partial charge is 0.396 e. The first-order valence-corrected chi connectivity index (χ1v) is 8.15. The maximum atomic E-state index is 9.17. The number of pyridine rings is 1. The maximum Gasteiger partial charge on any atom is 0.0969 e. The summed E-state index contributed by atoms with van der Waals surface area (Å²) in [5, 5.41) is 13.8. The molecule has 0 aromatic carbocycles. The summed E-state index contributed by atoms with van der Waals surface area (Å²) < 4.78 is 1.87. The van der Waals surface area contributed by atoms with Gasteiger partial charge in [-0.15, -0.1) is 0 Å². The van der Waals surface area contributed by atoms with Crippen LogP contribution in [0.15, 0.2) is 30.7 Å². The second-order valence-electron chi connectivity index (χ2n) is 7.26. The minimum Gasteiger partial charge on any atom is -0.396 e. The van der Waals surface area contributed by atoms with E-state index in [2.05, 4.69) is 42.0 Å². The van der Waals surface area contributed by atoms with E-state index in [1.54, 1.807) is 12.4 Å². The van der Waals surface area contributed by atoms with Gasteiger partial charge in [0.05, 0.1) is 5.69 Å². The van der Waals surface area contributed by atoms with Crippen molar-refractivity contribution in [2.24, 2.45) is 12.5 Å². The molecule has 0 atom stereocenters. The molecule has 2 heterocycles. The Morgan fingerprint density at radius 3 is 2.52 bits per heavy atom. The highest BCUT2D eigenvalue weighted by atomic mass is 16.3. The molecule has 126 valence electrons. The van der Waals surface area contributed by atoms with Gasteiger partial charge in [-0.3, -0.25) is 14.6 Å². The van der Waals surface area contributed by atoms with Crippen molar-refractivity contribution >= 4 is 0 Å². The monoisotopic (exact) mass is 316 g/mol. The zero-order valence-electron chi connectivity index (χ0n) is 14.7. The molecular formula is C18H28N4O. The van der Waals surface area contributed by atoms with Gasteiger partial charge in [-0.2, -0.15) is 5.10 Å². The molecule has 0 fully saturated rings. The SMILES string of the molecule is Cn1cc(CN(CCCO)CC(C)(C)C)c(-c2ccncc2)n1. The quantitative estimate of drug-likeness (QED) is 0.853. The fourth-order valence-corrected chi connectivity index (χ4v) is 2.83. The van der Waals surface area contributed by atoms with E-state index in [0.29, 0.717) is 0 Å². The lowest BCUT2D eigenvalue weighted by atomic mass is 9.95. The molecule has 2 rings (SSSR count). The Bertz CT molecular complexity index is 601. The van der Waals surface area contributed by atoms with Crippen molar-refractivity contribution in [1.82, 2.24) is 19.7 Å². The van der Waals surface area contributed by atoms with Gasteiger partial charge in [0, 0.05) is 63.0 Å². The summed E-state index contributed by atoms with van der Waals surface area (Å²) >= 11 is 0. The van der Waals surface area contributed by atoms with Crippen LogP contribution in [0.4, 0.5) is 0 Å². The zero-order chi connectivity index (χ0) is 16.9. The second kappa shape index (κ2) is 7.70. The summed E-state index contributed by atoms with van der Waals surface area (Å²) in [6, 6.07) is 3.99. The number of rotatable bonds is 7. The summed E-state index contributed by atoms with van der Waals surface area (Å²) in [7, 11) is 1.95. The van der Waals surface area contributed by atoms with E-state index in [0.717, 1.165) is 37.3 Å². The van der Waals surface area contributed by atoms with Crippen molar-refractivity contribution in [1.29, 1.82) is 0 Å². The lowest BCUT2D eigenvalue weighted by Crippen LogP contribution is -2.33. The molecule has 0 saturated carbocycles. The molecule has 0 aliphatic carbocycles. The molecule has 0 bridgehead atoms. The number of nitrogens with zero attached hydrogens (tertiary/aromatic N) is 4. The van der Waals surface area contributed by atoms with E-state index in [1.807, 2.05) is 23.9 Å². The molecule has 2 aromatic rings. The van der Waals surface area contributed by atoms with Crippen LogP contribution in [0.25, 0.3) is 11.3 Å². The highest BCUT2D eigenvalue weighted by Crippen LogP contribution is 2.24. The van der Waals surface area contributed by atoms with Crippen molar-refractivity contribution < 1.29 is 5.11 Å². The molecule has 0 unspecified atom stereocenters. The summed E-state index contributed by atoms with van der Waals surface area (Å²) in [6.07, 6.45) is 6.48. The minimum absolute atomic E-state index is 0.217. The molecule has 0 aliphatic rings. The molecule has 2 aromatic heterocycles. The molecule has 5 heteroatoms. The average molecular weight is 316 g/mol. The van der Waals surface area contributed by atoms with E-state index in [1.165, 1.54) is 5.56 Å². The summed E-state index contributed by atoms with van der Waals surface area (Å²) in [6.45, 7) is 9.66. The van der Waals surface area contributed by atoms with Crippen LogP contribution in [0.5, 0.6) is 0 Å². The highest BCUT2D eigenvalue weighted by molar-refractivity contribution is 5.61. The molecule has 1 N–H and O–H groups in total. The normalized spacial score (nSPS) is 12.1. The maximum absolute atomic E-state index is 9.17. The number of aliphatic hydroxyl groups is 1. The molecule has 0 amide bonds. The predicted octanol–water partition coefficient (Wildman–Crippen LogP) is 2.71. The van der Waals surface area contributed by atoms with Crippen molar-refractivity contribution in [3.63, 3.8) is 0 Å². The van der Waals surface area contributed by atoms with Crippen LogP contribution in [0.1, 0.15) is 32.8 Å². The smallest absolute Gasteiger partial charge is 0.0969 e. The Kier molecular flexibility index (Phi) is 5.91. The Hall–Kier alpha value is -1.72. The van der Waals surface area contributed by atoms with Crippen molar-refractivity contribution in [2.45, 2.75) is 33.7 Å². The Labute approximate surface area is 139 Å². The van der Waals surface area contributed by atoms with Gasteiger partial charge in [0.25, 0.3) is 0 Å². The third-order valence-corrected chi connectivity index (χ3v) is 3.58. The Morgan fingerprint density at radius 2 is 1.91 bits per heavy atom. The number of aromatic nitrogens is 3. The summed E-state index contributed by atoms with van der Waals surface area (Å²) in [5.74, 6) is 0. The van der Waals surface area contributed by atoms with Gasteiger partial charge in [-0.25, -0.2) is 0 Å². The highest BCUT2D eigenvalue weighted by Gasteiger charge is 2.19. The van der Waals surface area contributed by atoms with Crippen LogP contribution in [0.2, 0.25) is 0 Å². The molecule has 23 heavy (non-hydrogen) atoms. The first kappa shape index (κ1) is 17.6. The van der Waals surface area contributed by atoms with Crippen LogP contribution in [0, 0.1) is 5.41 Å². The molecule has 0 radical (unpaired) electrons. The van der Waals surface area contributed by atoms with Gasteiger partial charge in [0.1, 0.15) is 0 Å². The first-order chi connectivity index (χ1) is 10.9. The lowest BCUT2D eigenvalue weighted by Gasteiger charge is -2.29. The van der Waals surface area contributed by atoms with Crippen LogP contribution < -0.4 is 0 Å². The third kappa shape index (κ3) is 5.44. The molecule has 5 nitrogen and oxygen atoms in total. The van der Waals surface area contributed by atoms with Crippen molar-refractivity contribution in [2.75, 3.05) is 19.7 Å². The van der Waals surface area contributed by atoms with Gasteiger partial charge in [-0.1, -0.05) is 20.8 Å². The number of hydrogen-bond donors (Lipinski definition) is 1. The number of hydrogen-bond acceptors (Lipinski definition) is 4. The van der Waals surface area contributed by atoms with Gasteiger partial charge in [0.2, 0.25) is 0 Å². The van der Waals surface area contributed by atoms with Crippen LogP contribution >= 0.6 is 0 Å². The topological polar surface area (TPSA) is 54.2 Å². The van der Waals surface area contributed by atoms with Crippen LogP contribution in [0.3, 0.4) is 0 Å². The van der Waals surface area contributed by atoms with Gasteiger partial charge >= 0.3 is 0 Å². The van der Waals surface area contributed by atoms with Crippen molar-refractivity contribution in [3.8, 4) is 11.3 Å². The van der Waals surface area contributed by atoms with E-state index < -0.39 is 0 Å². The minimum atomic E-state index is 0.217. The van der Waals surface area contributed by atoms with Gasteiger partial charge in [-0.05, 0) is 24.0 Å². The standard InChI is InChI=1S/C18H28N4O/c1-18(2,3)14-22(10-5-11-23)13-16-12-21(4)20-17(16)15-6-8-19-9-7-15/h6-9,12,23H,5,10-11,13-14H2,1-4H3. The van der Waals surface area contributed by atoms with E-state index >= 15 is 0 Å².